The van der Waals surface area contributed by atoms with E-state index in [2.05, 4.69) is 5.32 Å². The van der Waals surface area contributed by atoms with Crippen LogP contribution in [0.15, 0.2) is 48.5 Å². The Morgan fingerprint density at radius 1 is 1.00 bits per heavy atom. The highest BCUT2D eigenvalue weighted by Gasteiger charge is 2.34. The Kier molecular flexibility index (Phi) is 4.39. The minimum atomic E-state index is -0.328. The van der Waals surface area contributed by atoms with Crippen LogP contribution in [-0.4, -0.2) is 40.9 Å². The molecule has 2 aromatic carbocycles. The molecule has 1 aliphatic rings. The van der Waals surface area contributed by atoms with Crippen molar-refractivity contribution in [1.82, 2.24) is 10.2 Å². The van der Waals surface area contributed by atoms with Gasteiger partial charge >= 0.3 is 0 Å². The molecule has 3 amide bonds. The molecule has 0 unspecified atom stereocenters. The number of imide groups is 1. The fraction of sp³-hybridized carbons (Fsp3) is 0.167. The summed E-state index contributed by atoms with van der Waals surface area (Å²) in [6.07, 6.45) is 0. The average Bonchev–Trinajstić information content (AvgIpc) is 2.85. The summed E-state index contributed by atoms with van der Waals surface area (Å²) in [5.41, 5.74) is 1.90. The Bertz CT molecular complexity index is 781. The molecule has 0 atom stereocenters. The van der Waals surface area contributed by atoms with Crippen LogP contribution in [0.1, 0.15) is 36.6 Å². The predicted molar refractivity (Wildman–Crippen MR) is 86.5 cm³/mol. The number of amides is 3. The van der Waals surface area contributed by atoms with Gasteiger partial charge in [0.15, 0.2) is 0 Å². The van der Waals surface area contributed by atoms with E-state index in [1.165, 1.54) is 4.90 Å². The molecule has 6 nitrogen and oxygen atoms in total. The molecule has 2 aromatic rings. The number of aliphatic hydroxyl groups excluding tert-OH is 1. The molecule has 24 heavy (non-hydrogen) atoms. The number of aliphatic hydroxyl groups is 1. The molecule has 3 rings (SSSR count). The maximum absolute atomic E-state index is 12.4. The molecule has 0 aliphatic carbocycles. The largest absolute Gasteiger partial charge is 0.395 e. The van der Waals surface area contributed by atoms with Crippen molar-refractivity contribution in [2.24, 2.45) is 0 Å². The summed E-state index contributed by atoms with van der Waals surface area (Å²) in [5.74, 6) is -0.968. The lowest BCUT2D eigenvalue weighted by Crippen LogP contribution is -2.29. The van der Waals surface area contributed by atoms with Gasteiger partial charge in [0.1, 0.15) is 0 Å². The highest BCUT2D eigenvalue weighted by molar-refractivity contribution is 6.21. The van der Waals surface area contributed by atoms with Crippen molar-refractivity contribution in [2.75, 3.05) is 13.2 Å². The second kappa shape index (κ2) is 6.64. The molecule has 0 spiro atoms. The van der Waals surface area contributed by atoms with Gasteiger partial charge in [0.25, 0.3) is 17.7 Å². The van der Waals surface area contributed by atoms with Gasteiger partial charge in [-0.15, -0.1) is 0 Å². The third-order valence-electron chi connectivity index (χ3n) is 3.81. The summed E-state index contributed by atoms with van der Waals surface area (Å²) in [6.45, 7) is 0.134. The Morgan fingerprint density at radius 2 is 1.67 bits per heavy atom. The van der Waals surface area contributed by atoms with E-state index < -0.39 is 0 Å². The predicted octanol–water partition coefficient (Wildman–Crippen LogP) is 1.20. The quantitative estimate of drug-likeness (QED) is 0.809. The van der Waals surface area contributed by atoms with Crippen LogP contribution in [0.4, 0.5) is 0 Å². The monoisotopic (exact) mass is 324 g/mol. The van der Waals surface area contributed by atoms with Crippen molar-refractivity contribution in [3.63, 3.8) is 0 Å². The van der Waals surface area contributed by atoms with Gasteiger partial charge in [-0.25, -0.2) is 0 Å². The number of benzene rings is 2. The SMILES string of the molecule is O=C(NCCO)c1cccc(CN2C(=O)c3ccccc3C2=O)c1. The van der Waals surface area contributed by atoms with Crippen LogP contribution in [0.3, 0.4) is 0 Å². The van der Waals surface area contributed by atoms with Crippen LogP contribution in [-0.2, 0) is 6.54 Å². The fourth-order valence-corrected chi connectivity index (χ4v) is 2.65. The summed E-state index contributed by atoms with van der Waals surface area (Å²) in [7, 11) is 0. The Labute approximate surface area is 138 Å². The molecule has 6 heteroatoms. The number of fused-ring (bicyclic) bond motifs is 1. The van der Waals surface area contributed by atoms with Crippen LogP contribution in [0.25, 0.3) is 0 Å². The number of hydrogen-bond acceptors (Lipinski definition) is 4. The highest BCUT2D eigenvalue weighted by Crippen LogP contribution is 2.24. The van der Waals surface area contributed by atoms with Crippen LogP contribution in [0.2, 0.25) is 0 Å². The summed E-state index contributed by atoms with van der Waals surface area (Å²) in [4.78, 5) is 37.8. The third kappa shape index (κ3) is 2.91. The molecule has 0 saturated heterocycles. The number of rotatable bonds is 5. The number of hydrogen-bond donors (Lipinski definition) is 2. The standard InChI is InChI=1S/C18H16N2O4/c21-9-8-19-16(22)13-5-3-4-12(10-13)11-20-17(23)14-6-1-2-7-15(14)18(20)24/h1-7,10,21H,8-9,11H2,(H,19,22). The molecule has 0 saturated carbocycles. The minimum absolute atomic E-state index is 0.105. The molecule has 0 aromatic heterocycles. The number of nitrogens with one attached hydrogen (secondary N) is 1. The van der Waals surface area contributed by atoms with Gasteiger partial charge in [-0.05, 0) is 29.8 Å². The average molecular weight is 324 g/mol. The summed E-state index contributed by atoms with van der Waals surface area (Å²) >= 11 is 0. The van der Waals surface area contributed by atoms with E-state index in [4.69, 9.17) is 5.11 Å². The van der Waals surface area contributed by atoms with Gasteiger partial charge in [-0.1, -0.05) is 24.3 Å². The van der Waals surface area contributed by atoms with Crippen molar-refractivity contribution < 1.29 is 19.5 Å². The van der Waals surface area contributed by atoms with Crippen molar-refractivity contribution >= 4 is 17.7 Å². The van der Waals surface area contributed by atoms with Gasteiger partial charge in [-0.3, -0.25) is 19.3 Å². The molecule has 1 heterocycles. The van der Waals surface area contributed by atoms with Gasteiger partial charge in [0.05, 0.1) is 24.3 Å². The first-order valence-electron chi connectivity index (χ1n) is 7.55. The molecule has 0 bridgehead atoms. The summed E-state index contributed by atoms with van der Waals surface area (Å²) in [6, 6.07) is 13.4. The van der Waals surface area contributed by atoms with E-state index in [0.29, 0.717) is 22.3 Å². The third-order valence-corrected chi connectivity index (χ3v) is 3.81. The van der Waals surface area contributed by atoms with E-state index >= 15 is 0 Å². The molecular formula is C18H16N2O4. The van der Waals surface area contributed by atoms with Crippen LogP contribution in [0.5, 0.6) is 0 Å². The first-order valence-corrected chi connectivity index (χ1v) is 7.55. The van der Waals surface area contributed by atoms with E-state index in [9.17, 15) is 14.4 Å². The first-order chi connectivity index (χ1) is 11.6. The zero-order valence-corrected chi connectivity index (χ0v) is 12.9. The highest BCUT2D eigenvalue weighted by atomic mass is 16.3. The number of nitrogens with zero attached hydrogens (tertiary/aromatic N) is 1. The maximum atomic E-state index is 12.4. The van der Waals surface area contributed by atoms with Crippen molar-refractivity contribution in [3.8, 4) is 0 Å². The lowest BCUT2D eigenvalue weighted by atomic mass is 10.1. The molecule has 2 N–H and O–H groups in total. The van der Waals surface area contributed by atoms with Gasteiger partial charge < -0.3 is 10.4 Å². The topological polar surface area (TPSA) is 86.7 Å². The van der Waals surface area contributed by atoms with Crippen LogP contribution in [0, 0.1) is 0 Å². The second-order valence-electron chi connectivity index (χ2n) is 5.42. The molecule has 0 fully saturated rings. The van der Waals surface area contributed by atoms with E-state index in [1.807, 2.05) is 0 Å². The van der Waals surface area contributed by atoms with E-state index in [0.717, 1.165) is 0 Å². The molecule has 0 radical (unpaired) electrons. The molecule has 1 aliphatic heterocycles. The van der Waals surface area contributed by atoms with Crippen molar-refractivity contribution in [2.45, 2.75) is 6.54 Å². The second-order valence-corrected chi connectivity index (χ2v) is 5.42. The van der Waals surface area contributed by atoms with Gasteiger partial charge in [0.2, 0.25) is 0 Å². The maximum Gasteiger partial charge on any atom is 0.261 e. The smallest absolute Gasteiger partial charge is 0.261 e. The zero-order valence-electron chi connectivity index (χ0n) is 12.9. The molecular weight excluding hydrogens is 308 g/mol. The van der Waals surface area contributed by atoms with E-state index in [-0.39, 0.29) is 37.4 Å². The Morgan fingerprint density at radius 3 is 2.29 bits per heavy atom. The fourth-order valence-electron chi connectivity index (χ4n) is 2.65. The molecule has 122 valence electrons. The lowest BCUT2D eigenvalue weighted by molar-refractivity contribution is 0.0642. The number of carbonyl (C=O) groups is 3. The van der Waals surface area contributed by atoms with Crippen molar-refractivity contribution in [3.05, 3.63) is 70.8 Å². The Balaban J connectivity index is 1.79. The van der Waals surface area contributed by atoms with Gasteiger partial charge in [0, 0.05) is 12.1 Å². The normalized spacial score (nSPS) is 13.1. The van der Waals surface area contributed by atoms with E-state index in [1.54, 1.807) is 48.5 Å². The first kappa shape index (κ1) is 15.9. The minimum Gasteiger partial charge on any atom is -0.395 e. The summed E-state index contributed by atoms with van der Waals surface area (Å²) < 4.78 is 0. The van der Waals surface area contributed by atoms with Crippen LogP contribution >= 0.6 is 0 Å². The van der Waals surface area contributed by atoms with Gasteiger partial charge in [-0.2, -0.15) is 0 Å². The van der Waals surface area contributed by atoms with Crippen molar-refractivity contribution in [1.29, 1.82) is 0 Å². The number of carbonyl (C=O) groups excluding carboxylic acids is 3. The summed E-state index contributed by atoms with van der Waals surface area (Å²) in [5, 5.41) is 11.3. The Hall–Kier alpha value is -2.99. The zero-order chi connectivity index (χ0) is 17.1. The lowest BCUT2D eigenvalue weighted by Gasteiger charge is -2.14. The van der Waals surface area contributed by atoms with Crippen LogP contribution < -0.4 is 5.32 Å².